The van der Waals surface area contributed by atoms with Crippen LogP contribution < -0.4 is 114 Å². The fraction of sp³-hybridized carbons (Fsp3) is 0.391. The van der Waals surface area contributed by atoms with Crippen LogP contribution in [0.15, 0.2) is 82.9 Å². The number of alkyl halides is 1. The maximum atomic E-state index is 12.0. The molecule has 2 unspecified atom stereocenters. The van der Waals surface area contributed by atoms with Crippen molar-refractivity contribution >= 4 is 41.8 Å². The molecule has 6 aromatic heterocycles. The molecule has 6 heterocycles. The van der Waals surface area contributed by atoms with Crippen LogP contribution >= 0.6 is 11.6 Å². The molecule has 2 atom stereocenters. The molecule has 0 radical (unpaired) electrons. The van der Waals surface area contributed by atoms with Crippen molar-refractivity contribution in [1.82, 2.24) is 70.0 Å². The van der Waals surface area contributed by atoms with Gasteiger partial charge < -0.3 is 39.6 Å². The van der Waals surface area contributed by atoms with Gasteiger partial charge in [0.15, 0.2) is 11.6 Å². The minimum atomic E-state index is -0.380. The number of aromatic amines is 1. The second-order valence-electron chi connectivity index (χ2n) is 16.4. The number of carbonyl (C=O) groups excluding carboxylic acids is 3. The fourth-order valence-electron chi connectivity index (χ4n) is 6.95. The van der Waals surface area contributed by atoms with Gasteiger partial charge in [0.1, 0.15) is 12.4 Å². The minimum absolute atomic E-state index is 0. The number of benzene rings is 1. The zero-order valence-corrected chi connectivity index (χ0v) is 47.7. The van der Waals surface area contributed by atoms with Crippen LogP contribution in [0.25, 0.3) is 35.5 Å². The van der Waals surface area contributed by atoms with Gasteiger partial charge in [-0.25, -0.2) is 25.2 Å². The summed E-state index contributed by atoms with van der Waals surface area (Å²) in [7, 11) is 8.52. The number of nitrogens with zero attached hydrogens (tertiary/aromatic N) is 13. The monoisotopic (exact) mass is 1080 g/mol. The molecule has 2 saturated carbocycles. The summed E-state index contributed by atoms with van der Waals surface area (Å²) in [6.45, 7) is 4.44. The number of carbonyl (C=O) groups is 3. The van der Waals surface area contributed by atoms with E-state index in [4.69, 9.17) is 43.3 Å². The average Bonchev–Trinajstić information content (AvgIpc) is 4.11. The maximum Gasteiger partial charge on any atom is 1.00 e. The Kier molecular flexibility index (Phi) is 27.8. The Morgan fingerprint density at radius 1 is 0.808 bits per heavy atom. The van der Waals surface area contributed by atoms with E-state index >= 15 is 0 Å². The predicted molar refractivity (Wildman–Crippen MR) is 262 cm³/mol. The fourth-order valence-corrected chi connectivity index (χ4v) is 7.19. The molecule has 9 rings (SSSR count). The molecule has 0 aliphatic heterocycles. The standard InChI is InChI=1S/C24H26N8O2.C14H15N7O.C4H8ClNO.CH2F.CH2O3.2CH4.2K/c1-24(19-8-9-19,18-6-4-15(5-7-18)16-10-26-23(25)27-11-16)22-29-21(34-30-22)17-12-28-32(13-17)14-20(33)31(2)3;1-14(9-2-3-9,10-6-16-13(15)17-7-10)12-20-11(22-21-12)8-4-18-19-5-8;1-6(2)4(7)3-5;1-2;2-1-4-3;;;;/h4-7,10-13,19H,8-9,14H2,1-3H3,(H2,25,26,27);4-7,9H,2-3H2,1H3,(H,18,19)(H2,15,16,17);3H2,1-2H3;1H2;1,3H;2*1H4;;/q;;;-1;;;;2*+1/i/hD. The minimum Gasteiger partial charge on any atom is -0.463 e. The van der Waals surface area contributed by atoms with E-state index in [2.05, 4.69) is 98.8 Å². The predicted octanol–water partition coefficient (Wildman–Crippen LogP) is 0.298. The van der Waals surface area contributed by atoms with Gasteiger partial charge in [-0.05, 0) is 62.5 Å². The van der Waals surface area contributed by atoms with E-state index in [0.717, 1.165) is 53.5 Å². The average molecular weight is 1080 g/mol. The Morgan fingerprint density at radius 3 is 1.71 bits per heavy atom. The topological polar surface area (TPSA) is 315 Å². The normalized spacial score (nSPS) is 13.6. The van der Waals surface area contributed by atoms with E-state index in [9.17, 15) is 14.0 Å². The summed E-state index contributed by atoms with van der Waals surface area (Å²) in [6.07, 6.45) is 18.1. The van der Waals surface area contributed by atoms with Gasteiger partial charge >= 0.3 is 109 Å². The van der Waals surface area contributed by atoms with Crippen molar-refractivity contribution < 1.29 is 141 Å². The second-order valence-corrected chi connectivity index (χ2v) is 16.6. The Morgan fingerprint density at radius 2 is 1.30 bits per heavy atom. The van der Waals surface area contributed by atoms with Gasteiger partial charge in [0, 0.05) is 76.5 Å². The Labute approximate surface area is 514 Å². The number of aromatic nitrogens is 12. The SMILES string of the molecule is C.C.CC(c1cnc(N)nc1)(c1noc(-c2cn[nH]c2)n1)C1CC1.CN(C)C(=O)CCl.CN(C)C(=O)Cn1cc(-c2nc(C(C)(c3ccc(-c4cnc(N)nc4)cc3)C3CC3)no2)cn1.[2H]OOC=O.[CH2-]F.[K+].[K+]. The van der Waals surface area contributed by atoms with Crippen LogP contribution in [-0.4, -0.2) is 128 Å². The maximum absolute atomic E-state index is 12.0. The van der Waals surface area contributed by atoms with Crippen LogP contribution in [0.5, 0.6) is 0 Å². The number of nitrogen functional groups attached to an aromatic ring is 2. The number of H-pyrrole nitrogens is 1. The molecule has 0 bridgehead atoms. The summed E-state index contributed by atoms with van der Waals surface area (Å²) in [5.74, 6) is 3.50. The number of rotatable bonds is 14. The van der Waals surface area contributed by atoms with Crippen molar-refractivity contribution in [3.8, 4) is 34.0 Å². The molecular formula is C46H61ClFK2N16O7+. The first-order valence-corrected chi connectivity index (χ1v) is 21.6. The largest absolute Gasteiger partial charge is 1.00 e. The summed E-state index contributed by atoms with van der Waals surface area (Å²) in [4.78, 5) is 63.2. The summed E-state index contributed by atoms with van der Waals surface area (Å²) in [6, 6.07) is 8.31. The first kappa shape index (κ1) is 64.7. The molecule has 0 spiro atoms. The van der Waals surface area contributed by atoms with Crippen molar-refractivity contribution in [1.29, 1.82) is 1.43 Å². The summed E-state index contributed by atoms with van der Waals surface area (Å²) >= 11 is 5.16. The van der Waals surface area contributed by atoms with Crippen molar-refractivity contribution in [3.63, 3.8) is 0 Å². The first-order chi connectivity index (χ1) is 33.6. The number of likely N-dealkylation sites (N-methyl/N-ethyl adjacent to an activating group) is 1. The zero-order chi connectivity index (χ0) is 51.0. The molecule has 2 aliphatic carbocycles. The third-order valence-electron chi connectivity index (χ3n) is 11.4. The number of nitrogens with one attached hydrogen (secondary N) is 1. The number of nitrogens with two attached hydrogens (primary N) is 2. The Bertz CT molecular complexity index is 2730. The van der Waals surface area contributed by atoms with Crippen LogP contribution in [0, 0.1) is 19.0 Å². The van der Waals surface area contributed by atoms with Crippen molar-refractivity contribution in [3.05, 3.63) is 104 Å². The number of anilines is 2. The third kappa shape index (κ3) is 17.6. The second kappa shape index (κ2) is 31.4. The summed E-state index contributed by atoms with van der Waals surface area (Å²) in [5.41, 5.74) is 15.9. The zero-order valence-electron chi connectivity index (χ0n) is 41.7. The molecule has 0 saturated heterocycles. The molecule has 1 aromatic carbocycles. The third-order valence-corrected chi connectivity index (χ3v) is 11.6. The van der Waals surface area contributed by atoms with Crippen molar-refractivity contribution in [2.45, 2.75) is 71.8 Å². The van der Waals surface area contributed by atoms with Gasteiger partial charge in [-0.1, -0.05) is 49.4 Å². The van der Waals surface area contributed by atoms with Crippen LogP contribution in [0.3, 0.4) is 0 Å². The first-order valence-electron chi connectivity index (χ1n) is 21.4. The number of halogens is 2. The summed E-state index contributed by atoms with van der Waals surface area (Å²) in [5, 5.41) is 22.5. The quantitative estimate of drug-likeness (QED) is 0.0284. The van der Waals surface area contributed by atoms with Gasteiger partial charge in [-0.3, -0.25) is 24.2 Å². The summed E-state index contributed by atoms with van der Waals surface area (Å²) < 4.78 is 27.5. The van der Waals surface area contributed by atoms with E-state index in [1.54, 1.807) is 89.6 Å². The van der Waals surface area contributed by atoms with Gasteiger partial charge in [-0.15, -0.1) is 11.6 Å². The van der Waals surface area contributed by atoms with E-state index in [-0.39, 0.29) is 171 Å². The van der Waals surface area contributed by atoms with Gasteiger partial charge in [0.2, 0.25) is 23.7 Å². The van der Waals surface area contributed by atoms with Crippen LogP contribution in [-0.2, 0) is 36.6 Å². The van der Waals surface area contributed by atoms with E-state index in [1.807, 2.05) is 0 Å². The number of hydrogen-bond donors (Lipinski definition) is 4. The van der Waals surface area contributed by atoms with E-state index < -0.39 is 0 Å². The molecule has 2 aliphatic rings. The molecule has 2 amide bonds. The van der Waals surface area contributed by atoms with Gasteiger partial charge in [0.25, 0.3) is 13.2 Å². The van der Waals surface area contributed by atoms with Crippen LogP contribution in [0.2, 0.25) is 0 Å². The van der Waals surface area contributed by atoms with E-state index in [0.29, 0.717) is 40.8 Å². The molecule has 2 fully saturated rings. The molecular weight excluding hydrogens is 1020 g/mol. The van der Waals surface area contributed by atoms with Crippen LogP contribution in [0.4, 0.5) is 16.3 Å². The molecule has 382 valence electrons. The molecule has 27 heteroatoms. The number of amides is 2. The molecule has 73 heavy (non-hydrogen) atoms. The van der Waals surface area contributed by atoms with Crippen LogP contribution in [0.1, 0.15) is 77.2 Å². The smallest absolute Gasteiger partial charge is 0.463 e. The molecule has 23 nitrogen and oxygen atoms in total. The van der Waals surface area contributed by atoms with E-state index in [1.165, 1.54) is 9.80 Å². The van der Waals surface area contributed by atoms with Gasteiger partial charge in [-0.2, -0.15) is 27.3 Å². The molecule has 7 aromatic rings. The Hall–Kier alpha value is -4.46. The Balaban J connectivity index is 0.000000589. The number of hydrogen-bond acceptors (Lipinski definition) is 19. The molecule has 6 N–H and O–H groups in total. The van der Waals surface area contributed by atoms with Gasteiger partial charge in [0.05, 0.1) is 34.4 Å². The van der Waals surface area contributed by atoms with Crippen molar-refractivity contribution in [2.75, 3.05) is 45.5 Å². The van der Waals surface area contributed by atoms with Crippen molar-refractivity contribution in [2.24, 2.45) is 11.8 Å².